The highest BCUT2D eigenvalue weighted by Gasteiger charge is 2.17. The van der Waals surface area contributed by atoms with E-state index in [2.05, 4.69) is 24.4 Å². The molecule has 3 heteroatoms. The molecular weight excluding hydrogens is 220 g/mol. The van der Waals surface area contributed by atoms with E-state index < -0.39 is 0 Å². The summed E-state index contributed by atoms with van der Waals surface area (Å²) in [5, 5.41) is 0.861. The average molecular weight is 237 g/mol. The van der Waals surface area contributed by atoms with Crippen LogP contribution in [-0.2, 0) is 0 Å². The molecular formula is C13H17ClN2. The van der Waals surface area contributed by atoms with E-state index >= 15 is 0 Å². The minimum atomic E-state index is 0.437. The van der Waals surface area contributed by atoms with Gasteiger partial charge in [0.25, 0.3) is 0 Å². The van der Waals surface area contributed by atoms with Crippen LogP contribution in [0.5, 0.6) is 0 Å². The van der Waals surface area contributed by atoms with Gasteiger partial charge in [0.15, 0.2) is 0 Å². The molecule has 2 nitrogen and oxygen atoms in total. The lowest BCUT2D eigenvalue weighted by atomic mass is 10.0. The molecule has 0 aliphatic carbocycles. The first-order chi connectivity index (χ1) is 7.66. The lowest BCUT2D eigenvalue weighted by Crippen LogP contribution is -2.07. The van der Waals surface area contributed by atoms with Crippen molar-refractivity contribution < 1.29 is 0 Å². The van der Waals surface area contributed by atoms with E-state index in [1.54, 1.807) is 0 Å². The van der Waals surface area contributed by atoms with Crippen molar-refractivity contribution in [2.75, 3.05) is 6.54 Å². The Hall–Kier alpha value is -0.990. The molecule has 0 bridgehead atoms. The molecule has 0 fully saturated rings. The summed E-state index contributed by atoms with van der Waals surface area (Å²) in [4.78, 5) is 0. The van der Waals surface area contributed by atoms with Crippen LogP contribution in [-0.4, -0.2) is 10.9 Å². The van der Waals surface area contributed by atoms with Crippen LogP contribution in [0.1, 0.15) is 30.5 Å². The van der Waals surface area contributed by atoms with E-state index in [9.17, 15) is 0 Å². The van der Waals surface area contributed by atoms with Crippen LogP contribution in [0.3, 0.4) is 0 Å². The van der Waals surface area contributed by atoms with Crippen molar-refractivity contribution in [2.45, 2.75) is 26.2 Å². The van der Waals surface area contributed by atoms with Crippen molar-refractivity contribution in [3.05, 3.63) is 40.7 Å². The van der Waals surface area contributed by atoms with E-state index in [-0.39, 0.29) is 0 Å². The van der Waals surface area contributed by atoms with Gasteiger partial charge in [-0.05, 0) is 43.5 Å². The van der Waals surface area contributed by atoms with Gasteiger partial charge in [0, 0.05) is 11.9 Å². The number of halogens is 1. The molecule has 1 unspecified atom stereocenters. The smallest absolute Gasteiger partial charge is 0.0693 e. The first-order valence-corrected chi connectivity index (χ1v) is 5.99. The Morgan fingerprint density at radius 2 is 2.19 bits per heavy atom. The fourth-order valence-corrected chi connectivity index (χ4v) is 2.56. The predicted octanol–water partition coefficient (Wildman–Crippen LogP) is 3.35. The second-order valence-electron chi connectivity index (χ2n) is 4.26. The Morgan fingerprint density at radius 1 is 1.44 bits per heavy atom. The zero-order valence-electron chi connectivity index (χ0n) is 9.70. The van der Waals surface area contributed by atoms with Crippen molar-refractivity contribution in [3.63, 3.8) is 0 Å². The minimum Gasteiger partial charge on any atom is -0.330 e. The minimum absolute atomic E-state index is 0.437. The largest absolute Gasteiger partial charge is 0.330 e. The quantitative estimate of drug-likeness (QED) is 0.871. The van der Waals surface area contributed by atoms with Crippen LogP contribution < -0.4 is 5.73 Å². The molecule has 2 rings (SSSR count). The second kappa shape index (κ2) is 4.48. The van der Waals surface area contributed by atoms with E-state index in [0.29, 0.717) is 12.5 Å². The van der Waals surface area contributed by atoms with Gasteiger partial charge in [-0.1, -0.05) is 24.6 Å². The maximum absolute atomic E-state index is 6.34. The molecule has 2 heterocycles. The summed E-state index contributed by atoms with van der Waals surface area (Å²) in [5.41, 5.74) is 9.17. The molecule has 86 valence electrons. The summed E-state index contributed by atoms with van der Waals surface area (Å²) >= 11 is 6.34. The number of fused-ring (bicyclic) bond motifs is 1. The molecule has 0 aromatic carbocycles. The Labute approximate surface area is 101 Å². The van der Waals surface area contributed by atoms with E-state index in [4.69, 9.17) is 17.3 Å². The molecule has 0 aliphatic heterocycles. The summed E-state index contributed by atoms with van der Waals surface area (Å²) in [6.45, 7) is 4.99. The Balaban J connectivity index is 2.64. The molecule has 0 spiro atoms. The van der Waals surface area contributed by atoms with Crippen LogP contribution in [0.25, 0.3) is 5.52 Å². The molecule has 2 aromatic rings. The SMILES string of the molecule is Cc1c(Cl)c2ccccn2c1C(C)CCN. The molecule has 0 saturated heterocycles. The van der Waals surface area contributed by atoms with Crippen molar-refractivity contribution >= 4 is 17.1 Å². The fourth-order valence-electron chi connectivity index (χ4n) is 2.31. The number of pyridine rings is 1. The molecule has 16 heavy (non-hydrogen) atoms. The maximum atomic E-state index is 6.34. The summed E-state index contributed by atoms with van der Waals surface area (Å²) in [6.07, 6.45) is 3.05. The van der Waals surface area contributed by atoms with Crippen LogP contribution in [0.4, 0.5) is 0 Å². The summed E-state index contributed by atoms with van der Waals surface area (Å²) in [5.74, 6) is 0.437. The number of aromatic nitrogens is 1. The third-order valence-electron chi connectivity index (χ3n) is 3.12. The Morgan fingerprint density at radius 3 is 2.88 bits per heavy atom. The van der Waals surface area contributed by atoms with Gasteiger partial charge in [0.1, 0.15) is 0 Å². The normalized spacial score (nSPS) is 13.2. The second-order valence-corrected chi connectivity index (χ2v) is 4.64. The zero-order chi connectivity index (χ0) is 11.7. The molecule has 0 amide bonds. The Bertz CT molecular complexity index is 502. The van der Waals surface area contributed by atoms with Crippen molar-refractivity contribution in [3.8, 4) is 0 Å². The molecule has 0 saturated carbocycles. The first-order valence-electron chi connectivity index (χ1n) is 5.62. The van der Waals surface area contributed by atoms with Crippen molar-refractivity contribution in [1.29, 1.82) is 0 Å². The fraction of sp³-hybridized carbons (Fsp3) is 0.385. The van der Waals surface area contributed by atoms with Gasteiger partial charge in [-0.25, -0.2) is 0 Å². The van der Waals surface area contributed by atoms with E-state index in [0.717, 1.165) is 17.0 Å². The third kappa shape index (κ3) is 1.72. The van der Waals surface area contributed by atoms with E-state index in [1.807, 2.05) is 18.2 Å². The van der Waals surface area contributed by atoms with Crippen LogP contribution in [0.15, 0.2) is 24.4 Å². The van der Waals surface area contributed by atoms with E-state index in [1.165, 1.54) is 11.3 Å². The van der Waals surface area contributed by atoms with Crippen LogP contribution >= 0.6 is 11.6 Å². The monoisotopic (exact) mass is 236 g/mol. The highest BCUT2D eigenvalue weighted by atomic mass is 35.5. The number of nitrogens with zero attached hydrogens (tertiary/aromatic N) is 1. The van der Waals surface area contributed by atoms with Gasteiger partial charge in [0.2, 0.25) is 0 Å². The average Bonchev–Trinajstić information content (AvgIpc) is 2.53. The topological polar surface area (TPSA) is 30.4 Å². The lowest BCUT2D eigenvalue weighted by Gasteiger charge is -2.12. The number of hydrogen-bond acceptors (Lipinski definition) is 1. The summed E-state index contributed by atoms with van der Waals surface area (Å²) in [7, 11) is 0. The summed E-state index contributed by atoms with van der Waals surface area (Å²) < 4.78 is 2.18. The number of rotatable bonds is 3. The van der Waals surface area contributed by atoms with Gasteiger partial charge in [0.05, 0.1) is 10.5 Å². The van der Waals surface area contributed by atoms with Gasteiger partial charge >= 0.3 is 0 Å². The summed E-state index contributed by atoms with van der Waals surface area (Å²) in [6, 6.07) is 6.09. The lowest BCUT2D eigenvalue weighted by molar-refractivity contribution is 0.661. The van der Waals surface area contributed by atoms with Crippen LogP contribution in [0.2, 0.25) is 5.02 Å². The number of nitrogens with two attached hydrogens (primary N) is 1. The number of hydrogen-bond donors (Lipinski definition) is 1. The van der Waals surface area contributed by atoms with Gasteiger partial charge in [-0.2, -0.15) is 0 Å². The standard InChI is InChI=1S/C13H17ClN2/c1-9(6-7-15)13-10(2)12(14)11-5-3-4-8-16(11)13/h3-5,8-9H,6-7,15H2,1-2H3. The highest BCUT2D eigenvalue weighted by molar-refractivity contribution is 6.34. The third-order valence-corrected chi connectivity index (χ3v) is 3.60. The molecule has 1 atom stereocenters. The Kier molecular flexibility index (Phi) is 3.22. The van der Waals surface area contributed by atoms with Crippen LogP contribution in [0, 0.1) is 6.92 Å². The van der Waals surface area contributed by atoms with Crippen molar-refractivity contribution in [1.82, 2.24) is 4.40 Å². The van der Waals surface area contributed by atoms with Gasteiger partial charge in [-0.15, -0.1) is 0 Å². The van der Waals surface area contributed by atoms with Gasteiger partial charge in [-0.3, -0.25) is 0 Å². The maximum Gasteiger partial charge on any atom is 0.0693 e. The molecule has 0 aliphatic rings. The molecule has 2 N–H and O–H groups in total. The highest BCUT2D eigenvalue weighted by Crippen LogP contribution is 2.33. The zero-order valence-corrected chi connectivity index (χ0v) is 10.5. The molecule has 2 aromatic heterocycles. The first kappa shape index (κ1) is 11.5. The predicted molar refractivity (Wildman–Crippen MR) is 69.2 cm³/mol. The van der Waals surface area contributed by atoms with Gasteiger partial charge < -0.3 is 10.1 Å². The molecule has 0 radical (unpaired) electrons. The van der Waals surface area contributed by atoms with Crippen molar-refractivity contribution in [2.24, 2.45) is 5.73 Å².